The molecular weight excluding hydrogens is 220 g/mol. The Kier molecular flexibility index (Phi) is 2.88. The third-order valence-corrected chi connectivity index (χ3v) is 3.33. The molecule has 2 fully saturated rings. The topological polar surface area (TPSA) is 47.9 Å². The average Bonchev–Trinajstić information content (AvgIpc) is 2.81. The molecule has 0 spiro atoms. The highest BCUT2D eigenvalue weighted by Gasteiger charge is 2.47. The summed E-state index contributed by atoms with van der Waals surface area (Å²) in [7, 11) is 0. The maximum absolute atomic E-state index is 9.83. The molecule has 0 aliphatic carbocycles. The largest absolute Gasteiger partial charge is 0.388 e. The van der Waals surface area contributed by atoms with Gasteiger partial charge in [-0.25, -0.2) is 0 Å². The highest BCUT2D eigenvalue weighted by Crippen LogP contribution is 2.36. The molecule has 1 N–H and O–H groups in total. The van der Waals surface area contributed by atoms with Gasteiger partial charge in [0.05, 0.1) is 12.7 Å². The Morgan fingerprint density at radius 2 is 1.82 bits per heavy atom. The smallest absolute Gasteiger partial charge is 0.184 e. The predicted octanol–water partition coefficient (Wildman–Crippen LogP) is 1.25. The van der Waals surface area contributed by atoms with E-state index in [-0.39, 0.29) is 18.3 Å². The molecule has 0 aromatic heterocycles. The van der Waals surface area contributed by atoms with Gasteiger partial charge in [-0.2, -0.15) is 0 Å². The summed E-state index contributed by atoms with van der Waals surface area (Å²) >= 11 is 0. The monoisotopic (exact) mass is 236 g/mol. The molecule has 1 aromatic rings. The second-order valence-corrected chi connectivity index (χ2v) is 4.55. The van der Waals surface area contributed by atoms with E-state index in [2.05, 4.69) is 0 Å². The molecule has 3 unspecified atom stereocenters. The fourth-order valence-electron chi connectivity index (χ4n) is 2.37. The number of aliphatic hydroxyl groups excluding tert-OH is 1. The summed E-state index contributed by atoms with van der Waals surface area (Å²) in [5.74, 6) is 0. The summed E-state index contributed by atoms with van der Waals surface area (Å²) in [6, 6.07) is 9.76. The second-order valence-electron chi connectivity index (χ2n) is 4.55. The molecule has 4 heteroatoms. The van der Waals surface area contributed by atoms with Gasteiger partial charge in [0.15, 0.2) is 6.29 Å². The van der Waals surface area contributed by atoms with E-state index >= 15 is 0 Å². The lowest BCUT2D eigenvalue weighted by molar-refractivity contribution is -0.136. The number of aliphatic hydroxyl groups is 1. The lowest BCUT2D eigenvalue weighted by atomic mass is 10.0. The van der Waals surface area contributed by atoms with Crippen molar-refractivity contribution in [1.29, 1.82) is 0 Å². The van der Waals surface area contributed by atoms with Crippen molar-refractivity contribution in [3.8, 4) is 0 Å². The van der Waals surface area contributed by atoms with E-state index < -0.39 is 12.4 Å². The quantitative estimate of drug-likeness (QED) is 0.797. The zero-order valence-corrected chi connectivity index (χ0v) is 9.65. The number of ether oxygens (including phenoxy) is 3. The average molecular weight is 236 g/mol. The van der Waals surface area contributed by atoms with Crippen LogP contribution in [0, 0.1) is 0 Å². The van der Waals surface area contributed by atoms with Crippen molar-refractivity contribution < 1.29 is 19.3 Å². The Labute approximate surface area is 100 Å². The summed E-state index contributed by atoms with van der Waals surface area (Å²) in [5, 5.41) is 9.83. The van der Waals surface area contributed by atoms with Crippen LogP contribution in [0.15, 0.2) is 30.3 Å². The molecule has 2 aliphatic rings. The summed E-state index contributed by atoms with van der Waals surface area (Å²) in [5.41, 5.74) is 0.973. The minimum atomic E-state index is -0.607. The van der Waals surface area contributed by atoms with Crippen LogP contribution >= 0.6 is 0 Å². The molecule has 92 valence electrons. The molecule has 17 heavy (non-hydrogen) atoms. The molecule has 4 nitrogen and oxygen atoms in total. The maximum Gasteiger partial charge on any atom is 0.184 e. The Balaban J connectivity index is 1.80. The normalized spacial score (nSPS) is 41.2. The van der Waals surface area contributed by atoms with Crippen LogP contribution < -0.4 is 0 Å². The van der Waals surface area contributed by atoms with Crippen LogP contribution in [0.25, 0.3) is 0 Å². The first-order chi connectivity index (χ1) is 8.25. The van der Waals surface area contributed by atoms with Gasteiger partial charge in [-0.05, 0) is 6.92 Å². The summed E-state index contributed by atoms with van der Waals surface area (Å²) in [4.78, 5) is 0. The van der Waals surface area contributed by atoms with Crippen LogP contribution in [-0.4, -0.2) is 36.1 Å². The number of benzene rings is 1. The van der Waals surface area contributed by atoms with Crippen LogP contribution in [0.1, 0.15) is 18.8 Å². The van der Waals surface area contributed by atoms with E-state index in [0.717, 1.165) is 5.56 Å². The van der Waals surface area contributed by atoms with E-state index in [1.807, 2.05) is 37.3 Å². The zero-order valence-electron chi connectivity index (χ0n) is 9.65. The first-order valence-corrected chi connectivity index (χ1v) is 5.91. The van der Waals surface area contributed by atoms with Crippen LogP contribution in [0.3, 0.4) is 0 Å². The lowest BCUT2D eigenvalue weighted by Gasteiger charge is -2.32. The summed E-state index contributed by atoms with van der Waals surface area (Å²) in [6.07, 6.45) is -1.53. The van der Waals surface area contributed by atoms with Crippen LogP contribution in [0.4, 0.5) is 0 Å². The third-order valence-electron chi connectivity index (χ3n) is 3.33. The van der Waals surface area contributed by atoms with Gasteiger partial charge in [0.2, 0.25) is 0 Å². The van der Waals surface area contributed by atoms with Gasteiger partial charge in [0.1, 0.15) is 18.3 Å². The van der Waals surface area contributed by atoms with E-state index in [1.54, 1.807) is 0 Å². The molecule has 5 atom stereocenters. The maximum atomic E-state index is 9.83. The SMILES string of the molecule is CC1OCC(O)C2O[C@@H](c3ccccc3)O[C@H]12. The van der Waals surface area contributed by atoms with Crippen LogP contribution in [0.5, 0.6) is 0 Å². The Morgan fingerprint density at radius 1 is 1.12 bits per heavy atom. The van der Waals surface area contributed by atoms with Crippen molar-refractivity contribution in [3.63, 3.8) is 0 Å². The highest BCUT2D eigenvalue weighted by atomic mass is 16.7. The number of fused-ring (bicyclic) bond motifs is 1. The van der Waals surface area contributed by atoms with Crippen molar-refractivity contribution in [2.75, 3.05) is 6.61 Å². The van der Waals surface area contributed by atoms with Gasteiger partial charge >= 0.3 is 0 Å². The molecule has 1 aromatic carbocycles. The zero-order chi connectivity index (χ0) is 11.8. The third kappa shape index (κ3) is 1.98. The minimum absolute atomic E-state index is 0.0443. The molecular formula is C13H16O4. The van der Waals surface area contributed by atoms with E-state index in [4.69, 9.17) is 14.2 Å². The van der Waals surface area contributed by atoms with Gasteiger partial charge < -0.3 is 19.3 Å². The minimum Gasteiger partial charge on any atom is -0.388 e. The van der Waals surface area contributed by atoms with Crippen LogP contribution in [0.2, 0.25) is 0 Å². The standard InChI is InChI=1S/C13H16O4/c1-8-11-12(10(14)7-15-8)17-13(16-11)9-5-3-2-4-6-9/h2-6,8,10-14H,7H2,1H3/t8?,10?,11-,12?,13+/m1/s1. The second kappa shape index (κ2) is 4.38. The Bertz CT molecular complexity index is 362. The number of hydrogen-bond donors (Lipinski definition) is 1. The van der Waals surface area contributed by atoms with Crippen molar-refractivity contribution in [1.82, 2.24) is 0 Å². The highest BCUT2D eigenvalue weighted by molar-refractivity contribution is 5.17. The first kappa shape index (κ1) is 11.2. The van der Waals surface area contributed by atoms with Gasteiger partial charge in [0, 0.05) is 5.56 Å². The summed E-state index contributed by atoms with van der Waals surface area (Å²) < 4.78 is 17.0. The fraction of sp³-hybridized carbons (Fsp3) is 0.538. The lowest BCUT2D eigenvalue weighted by Crippen LogP contribution is -2.50. The van der Waals surface area contributed by atoms with Gasteiger partial charge in [0.25, 0.3) is 0 Å². The molecule has 0 radical (unpaired) electrons. The number of hydrogen-bond acceptors (Lipinski definition) is 4. The van der Waals surface area contributed by atoms with E-state index in [1.165, 1.54) is 0 Å². The van der Waals surface area contributed by atoms with Crippen molar-refractivity contribution >= 4 is 0 Å². The molecule has 3 rings (SSSR count). The van der Waals surface area contributed by atoms with Crippen molar-refractivity contribution in [2.45, 2.75) is 37.6 Å². The van der Waals surface area contributed by atoms with E-state index in [0.29, 0.717) is 6.61 Å². The van der Waals surface area contributed by atoms with Gasteiger partial charge in [-0.15, -0.1) is 0 Å². The molecule has 0 amide bonds. The molecule has 2 heterocycles. The first-order valence-electron chi connectivity index (χ1n) is 5.91. The molecule has 2 aliphatic heterocycles. The molecule has 0 bridgehead atoms. The van der Waals surface area contributed by atoms with Crippen LogP contribution in [-0.2, 0) is 14.2 Å². The summed E-state index contributed by atoms with van der Waals surface area (Å²) in [6.45, 7) is 2.26. The van der Waals surface area contributed by atoms with E-state index in [9.17, 15) is 5.11 Å². The predicted molar refractivity (Wildman–Crippen MR) is 60.3 cm³/mol. The van der Waals surface area contributed by atoms with Crippen molar-refractivity contribution in [2.24, 2.45) is 0 Å². The Morgan fingerprint density at radius 3 is 2.53 bits per heavy atom. The van der Waals surface area contributed by atoms with Gasteiger partial charge in [-0.3, -0.25) is 0 Å². The number of rotatable bonds is 1. The fourth-order valence-corrected chi connectivity index (χ4v) is 2.37. The van der Waals surface area contributed by atoms with Gasteiger partial charge in [-0.1, -0.05) is 30.3 Å². The molecule has 2 saturated heterocycles. The molecule has 0 saturated carbocycles. The van der Waals surface area contributed by atoms with Crippen molar-refractivity contribution in [3.05, 3.63) is 35.9 Å². The Hall–Kier alpha value is -0.940.